The van der Waals surface area contributed by atoms with Crippen LogP contribution in [0, 0.1) is 17.5 Å². The lowest BCUT2D eigenvalue weighted by molar-refractivity contribution is 0.0280. The van der Waals surface area contributed by atoms with Crippen molar-refractivity contribution in [3.05, 3.63) is 35.1 Å². The molecule has 2 aliphatic heterocycles. The maximum Gasteiger partial charge on any atom is 0.260 e. The lowest BCUT2D eigenvalue weighted by Gasteiger charge is -2.37. The minimum absolute atomic E-state index is 0.194. The van der Waals surface area contributed by atoms with Gasteiger partial charge in [-0.25, -0.2) is 13.2 Å². The van der Waals surface area contributed by atoms with Gasteiger partial charge in [-0.1, -0.05) is 0 Å². The van der Waals surface area contributed by atoms with Crippen molar-refractivity contribution >= 4 is 5.91 Å². The second-order valence-electron chi connectivity index (χ2n) is 5.47. The van der Waals surface area contributed by atoms with Gasteiger partial charge >= 0.3 is 0 Å². The zero-order valence-electron chi connectivity index (χ0n) is 10.7. The minimum Gasteiger partial charge on any atom is -0.393 e. The van der Waals surface area contributed by atoms with Gasteiger partial charge in [0.25, 0.3) is 5.91 Å². The summed E-state index contributed by atoms with van der Waals surface area (Å²) in [4.78, 5) is 13.8. The Labute approximate surface area is 114 Å². The molecule has 3 nitrogen and oxygen atoms in total. The van der Waals surface area contributed by atoms with Gasteiger partial charge in [-0.2, -0.15) is 0 Å². The normalized spacial score (nSPS) is 28.8. The molecule has 108 valence electrons. The molecule has 2 unspecified atom stereocenters. The van der Waals surface area contributed by atoms with E-state index in [1.54, 1.807) is 0 Å². The highest BCUT2D eigenvalue weighted by atomic mass is 19.1. The number of hydrogen-bond acceptors (Lipinski definition) is 2. The summed E-state index contributed by atoms with van der Waals surface area (Å²) in [5.74, 6) is -4.16. The Morgan fingerprint density at radius 3 is 2.10 bits per heavy atom. The van der Waals surface area contributed by atoms with E-state index in [4.69, 9.17) is 0 Å². The smallest absolute Gasteiger partial charge is 0.260 e. The van der Waals surface area contributed by atoms with E-state index in [9.17, 15) is 23.1 Å². The van der Waals surface area contributed by atoms with Crippen molar-refractivity contribution in [2.45, 2.75) is 43.9 Å². The minimum atomic E-state index is -1.18. The number of carbonyl (C=O) groups is 1. The van der Waals surface area contributed by atoms with Crippen LogP contribution in [0.2, 0.25) is 0 Å². The fourth-order valence-electron chi connectivity index (χ4n) is 3.36. The molecule has 3 rings (SSSR count). The van der Waals surface area contributed by atoms with Crippen molar-refractivity contribution in [2.24, 2.45) is 0 Å². The van der Waals surface area contributed by atoms with Crippen LogP contribution in [0.4, 0.5) is 13.2 Å². The van der Waals surface area contributed by atoms with Gasteiger partial charge < -0.3 is 10.0 Å². The molecule has 2 atom stereocenters. The summed E-state index contributed by atoms with van der Waals surface area (Å²) in [5.41, 5.74) is -0.709. The molecule has 2 aliphatic rings. The molecule has 2 saturated heterocycles. The van der Waals surface area contributed by atoms with Crippen molar-refractivity contribution in [1.29, 1.82) is 0 Å². The van der Waals surface area contributed by atoms with Crippen LogP contribution < -0.4 is 0 Å². The van der Waals surface area contributed by atoms with Crippen molar-refractivity contribution < 1.29 is 23.1 Å². The number of nitrogens with zero attached hydrogens (tertiary/aromatic N) is 1. The number of aliphatic hydroxyl groups is 1. The summed E-state index contributed by atoms with van der Waals surface area (Å²) in [5, 5.41) is 9.67. The van der Waals surface area contributed by atoms with E-state index < -0.39 is 35.0 Å². The van der Waals surface area contributed by atoms with Crippen LogP contribution in [0.1, 0.15) is 36.0 Å². The topological polar surface area (TPSA) is 40.5 Å². The van der Waals surface area contributed by atoms with E-state index in [1.165, 1.54) is 4.90 Å². The van der Waals surface area contributed by atoms with E-state index in [0.29, 0.717) is 25.0 Å². The Morgan fingerprint density at radius 2 is 1.60 bits per heavy atom. The van der Waals surface area contributed by atoms with Gasteiger partial charge in [0.05, 0.1) is 6.10 Å². The largest absolute Gasteiger partial charge is 0.393 e. The van der Waals surface area contributed by atoms with Crippen LogP contribution in [0.15, 0.2) is 12.1 Å². The maximum atomic E-state index is 13.7. The molecule has 0 saturated carbocycles. The Balaban J connectivity index is 1.94. The predicted molar refractivity (Wildman–Crippen MR) is 64.5 cm³/mol. The zero-order chi connectivity index (χ0) is 14.4. The molecule has 1 aromatic rings. The van der Waals surface area contributed by atoms with Gasteiger partial charge in [-0.05, 0) is 25.7 Å². The highest BCUT2D eigenvalue weighted by Gasteiger charge is 2.44. The molecule has 1 N–H and O–H groups in total. The van der Waals surface area contributed by atoms with Crippen LogP contribution in [0.3, 0.4) is 0 Å². The number of aliphatic hydroxyl groups excluding tert-OH is 1. The number of amides is 1. The molecule has 1 aromatic carbocycles. The van der Waals surface area contributed by atoms with Crippen molar-refractivity contribution in [3.8, 4) is 0 Å². The second kappa shape index (κ2) is 4.77. The first-order valence-corrected chi connectivity index (χ1v) is 6.62. The number of rotatable bonds is 1. The molecule has 0 aliphatic carbocycles. The van der Waals surface area contributed by atoms with Gasteiger partial charge in [-0.15, -0.1) is 0 Å². The van der Waals surface area contributed by atoms with Gasteiger partial charge in [0.15, 0.2) is 0 Å². The molecule has 1 amide bonds. The average molecular weight is 285 g/mol. The van der Waals surface area contributed by atoms with Crippen LogP contribution >= 0.6 is 0 Å². The molecular weight excluding hydrogens is 271 g/mol. The molecule has 2 heterocycles. The van der Waals surface area contributed by atoms with Crippen molar-refractivity contribution in [3.63, 3.8) is 0 Å². The van der Waals surface area contributed by atoms with E-state index >= 15 is 0 Å². The molecule has 0 aromatic heterocycles. The molecule has 6 heteroatoms. The third kappa shape index (κ3) is 2.08. The third-order valence-corrected chi connectivity index (χ3v) is 4.16. The molecule has 0 radical (unpaired) electrons. The number of hydrogen-bond donors (Lipinski definition) is 1. The Bertz CT molecular complexity index is 526. The quantitative estimate of drug-likeness (QED) is 0.859. The lowest BCUT2D eigenvalue weighted by Crippen LogP contribution is -2.48. The third-order valence-electron chi connectivity index (χ3n) is 4.16. The van der Waals surface area contributed by atoms with Gasteiger partial charge in [0.2, 0.25) is 0 Å². The van der Waals surface area contributed by atoms with E-state index in [2.05, 4.69) is 0 Å². The average Bonchev–Trinajstić information content (AvgIpc) is 2.60. The Kier molecular flexibility index (Phi) is 3.20. The molecule has 0 spiro atoms. The Hall–Kier alpha value is -1.56. The van der Waals surface area contributed by atoms with Crippen LogP contribution in [-0.2, 0) is 0 Å². The summed E-state index contributed by atoms with van der Waals surface area (Å²) in [7, 11) is 0. The summed E-state index contributed by atoms with van der Waals surface area (Å²) in [6, 6.07) is 0.633. The molecule has 2 bridgehead atoms. The van der Waals surface area contributed by atoms with Crippen molar-refractivity contribution in [1.82, 2.24) is 4.90 Å². The highest BCUT2D eigenvalue weighted by Crippen LogP contribution is 2.37. The van der Waals surface area contributed by atoms with Crippen molar-refractivity contribution in [2.75, 3.05) is 0 Å². The first-order valence-electron chi connectivity index (χ1n) is 6.62. The number of carbonyl (C=O) groups excluding carboxylic acids is 1. The fourth-order valence-corrected chi connectivity index (χ4v) is 3.36. The molecule has 2 fully saturated rings. The molecular formula is C14H14F3NO2. The van der Waals surface area contributed by atoms with Gasteiger partial charge in [-0.3, -0.25) is 4.79 Å². The van der Waals surface area contributed by atoms with Crippen LogP contribution in [0.5, 0.6) is 0 Å². The monoisotopic (exact) mass is 285 g/mol. The fraction of sp³-hybridized carbons (Fsp3) is 0.500. The van der Waals surface area contributed by atoms with E-state index in [0.717, 1.165) is 12.8 Å². The van der Waals surface area contributed by atoms with Crippen LogP contribution in [-0.4, -0.2) is 34.1 Å². The van der Waals surface area contributed by atoms with Crippen LogP contribution in [0.25, 0.3) is 0 Å². The standard InChI is InChI=1S/C14H14F3NO2/c15-7-3-11(16)13(12(17)4-7)14(20)18-8-1-2-9(18)6-10(19)5-8/h3-4,8-10,19H,1-2,5-6H2. The first-order chi connectivity index (χ1) is 9.47. The second-order valence-corrected chi connectivity index (χ2v) is 5.47. The summed E-state index contributed by atoms with van der Waals surface area (Å²) >= 11 is 0. The SMILES string of the molecule is O=C(c1c(F)cc(F)cc1F)N1C2CCC1CC(O)C2. The van der Waals surface area contributed by atoms with E-state index in [1.807, 2.05) is 0 Å². The highest BCUT2D eigenvalue weighted by molar-refractivity contribution is 5.95. The van der Waals surface area contributed by atoms with Gasteiger partial charge in [0.1, 0.15) is 23.0 Å². The maximum absolute atomic E-state index is 13.7. The van der Waals surface area contributed by atoms with Gasteiger partial charge in [0, 0.05) is 24.2 Å². The van der Waals surface area contributed by atoms with E-state index in [-0.39, 0.29) is 12.1 Å². The first kappa shape index (κ1) is 13.4. The summed E-state index contributed by atoms with van der Waals surface area (Å²) < 4.78 is 40.3. The number of fused-ring (bicyclic) bond motifs is 2. The zero-order valence-corrected chi connectivity index (χ0v) is 10.7. The Morgan fingerprint density at radius 1 is 1.10 bits per heavy atom. The molecule has 20 heavy (non-hydrogen) atoms. The lowest BCUT2D eigenvalue weighted by atomic mass is 9.98. The summed E-state index contributed by atoms with van der Waals surface area (Å²) in [6.07, 6.45) is 1.81. The number of halogens is 3. The summed E-state index contributed by atoms with van der Waals surface area (Å²) in [6.45, 7) is 0. The number of benzene rings is 1. The predicted octanol–water partition coefficient (Wildman–Crippen LogP) is 2.23. The number of piperidine rings is 1.